The molecule has 0 aliphatic heterocycles. The highest BCUT2D eigenvalue weighted by molar-refractivity contribution is 9.10. The number of rotatable bonds is 8. The minimum absolute atomic E-state index is 0.0355. The Balaban J connectivity index is 1.65. The zero-order chi connectivity index (χ0) is 25.1. The fourth-order valence-electron chi connectivity index (χ4n) is 4.32. The molecule has 7 heteroatoms. The van der Waals surface area contributed by atoms with E-state index in [4.69, 9.17) is 14.2 Å². The molecule has 4 aromatic rings. The Labute approximate surface area is 212 Å². The third-order valence-electron chi connectivity index (χ3n) is 6.02. The number of fused-ring (bicyclic) bond motifs is 1. The lowest BCUT2D eigenvalue weighted by atomic mass is 10.1. The van der Waals surface area contributed by atoms with Gasteiger partial charge in [0, 0.05) is 33.2 Å². The summed E-state index contributed by atoms with van der Waals surface area (Å²) in [5, 5.41) is 0.764. The van der Waals surface area contributed by atoms with E-state index in [1.54, 1.807) is 51.5 Å². The van der Waals surface area contributed by atoms with Crippen LogP contribution in [-0.4, -0.2) is 30.5 Å². The molecule has 0 fully saturated rings. The number of Topliss-reactive ketones (excluding diaryl/α,β-unsaturated/α-hetero) is 1. The van der Waals surface area contributed by atoms with Gasteiger partial charge < -0.3 is 18.8 Å². The number of nitrogens with zero attached hydrogens (tertiary/aromatic N) is 1. The molecule has 0 radical (unpaired) electrons. The second-order valence-electron chi connectivity index (χ2n) is 8.16. The summed E-state index contributed by atoms with van der Waals surface area (Å²) in [5.41, 5.74) is 3.94. The van der Waals surface area contributed by atoms with Gasteiger partial charge in [0.25, 0.3) is 0 Å². The van der Waals surface area contributed by atoms with Crippen LogP contribution in [0.1, 0.15) is 38.9 Å². The largest absolute Gasteiger partial charge is 0.493 e. The first-order valence-corrected chi connectivity index (χ1v) is 11.9. The van der Waals surface area contributed by atoms with Gasteiger partial charge in [0.2, 0.25) is 0 Å². The van der Waals surface area contributed by atoms with Gasteiger partial charge in [-0.3, -0.25) is 4.79 Å². The third kappa shape index (κ3) is 4.95. The molecule has 0 atom stereocenters. The van der Waals surface area contributed by atoms with Crippen molar-refractivity contribution >= 4 is 38.6 Å². The van der Waals surface area contributed by atoms with Gasteiger partial charge in [-0.05, 0) is 84.2 Å². The summed E-state index contributed by atoms with van der Waals surface area (Å²) in [5.74, 6) is 1.25. The van der Waals surface area contributed by atoms with Gasteiger partial charge in [-0.1, -0.05) is 18.2 Å². The van der Waals surface area contributed by atoms with Crippen molar-refractivity contribution in [2.75, 3.05) is 14.2 Å². The Bertz CT molecular complexity index is 1420. The van der Waals surface area contributed by atoms with E-state index in [0.717, 1.165) is 28.6 Å². The lowest BCUT2D eigenvalue weighted by Gasteiger charge is -2.12. The fraction of sp³-hybridized carbons (Fsp3) is 0.214. The number of halogens is 1. The van der Waals surface area contributed by atoms with Crippen LogP contribution in [0, 0.1) is 6.92 Å². The summed E-state index contributed by atoms with van der Waals surface area (Å²) in [6, 6.07) is 18.4. The van der Waals surface area contributed by atoms with Gasteiger partial charge in [-0.2, -0.15) is 0 Å². The quantitative estimate of drug-likeness (QED) is 0.148. The van der Waals surface area contributed by atoms with E-state index in [2.05, 4.69) is 20.5 Å². The number of aromatic nitrogens is 1. The number of esters is 1. The Morgan fingerprint density at radius 1 is 0.943 bits per heavy atom. The van der Waals surface area contributed by atoms with E-state index >= 15 is 0 Å². The molecule has 180 valence electrons. The molecule has 0 N–H and O–H groups in total. The molecule has 0 saturated carbocycles. The van der Waals surface area contributed by atoms with Gasteiger partial charge in [-0.15, -0.1) is 0 Å². The molecule has 4 rings (SSSR count). The SMILES string of the molecule is COc1ccc(CCn2c(C)c(C(C)=O)c3cc(OC(=O)c4ccccc4Br)ccc32)cc1OC. The average Bonchev–Trinajstić information content (AvgIpc) is 3.13. The number of hydrogen-bond donors (Lipinski definition) is 0. The van der Waals surface area contributed by atoms with E-state index in [-0.39, 0.29) is 5.78 Å². The van der Waals surface area contributed by atoms with Crippen molar-refractivity contribution in [3.8, 4) is 17.2 Å². The summed E-state index contributed by atoms with van der Waals surface area (Å²) in [6.45, 7) is 4.17. The Morgan fingerprint density at radius 2 is 1.69 bits per heavy atom. The number of carbonyl (C=O) groups excluding carboxylic acids is 2. The molecule has 0 spiro atoms. The summed E-state index contributed by atoms with van der Waals surface area (Å²) in [4.78, 5) is 25.2. The summed E-state index contributed by atoms with van der Waals surface area (Å²) >= 11 is 3.38. The first kappa shape index (κ1) is 24.5. The smallest absolute Gasteiger partial charge is 0.344 e. The topological polar surface area (TPSA) is 66.8 Å². The molecule has 0 amide bonds. The highest BCUT2D eigenvalue weighted by Crippen LogP contribution is 2.32. The standard InChI is InChI=1S/C28H26BrNO5/c1-17-27(18(2)31)22-16-20(35-28(32)21-7-5-6-8-23(21)29)10-11-24(22)30(17)14-13-19-9-12-25(33-3)26(15-19)34-4/h5-12,15-16H,13-14H2,1-4H3. The van der Waals surface area contributed by atoms with Crippen LogP contribution >= 0.6 is 15.9 Å². The molecule has 6 nitrogen and oxygen atoms in total. The summed E-state index contributed by atoms with van der Waals surface area (Å²) < 4.78 is 19.2. The zero-order valence-corrected chi connectivity index (χ0v) is 21.6. The number of ether oxygens (including phenoxy) is 3. The highest BCUT2D eigenvalue weighted by Gasteiger charge is 2.19. The zero-order valence-electron chi connectivity index (χ0n) is 20.1. The predicted octanol–water partition coefficient (Wildman–Crippen LogP) is 6.39. The number of aryl methyl sites for hydroxylation is 2. The van der Waals surface area contributed by atoms with Gasteiger partial charge >= 0.3 is 5.97 Å². The van der Waals surface area contributed by atoms with Crippen molar-refractivity contribution in [1.82, 2.24) is 4.57 Å². The van der Waals surface area contributed by atoms with E-state index in [1.165, 1.54) is 0 Å². The molecule has 0 unspecified atom stereocenters. The number of benzene rings is 3. The Kier molecular flexibility index (Phi) is 7.26. The first-order valence-electron chi connectivity index (χ1n) is 11.2. The lowest BCUT2D eigenvalue weighted by Crippen LogP contribution is -2.09. The average molecular weight is 536 g/mol. The van der Waals surface area contributed by atoms with Crippen LogP contribution in [0.5, 0.6) is 17.2 Å². The number of hydrogen-bond acceptors (Lipinski definition) is 5. The molecule has 0 bridgehead atoms. The predicted molar refractivity (Wildman–Crippen MR) is 139 cm³/mol. The van der Waals surface area contributed by atoms with E-state index in [9.17, 15) is 9.59 Å². The van der Waals surface area contributed by atoms with Crippen molar-refractivity contribution in [2.24, 2.45) is 0 Å². The molecule has 0 aliphatic rings. The second kappa shape index (κ2) is 10.4. The van der Waals surface area contributed by atoms with E-state index < -0.39 is 5.97 Å². The van der Waals surface area contributed by atoms with Crippen LogP contribution in [0.25, 0.3) is 10.9 Å². The van der Waals surface area contributed by atoms with Crippen LogP contribution in [0.3, 0.4) is 0 Å². The minimum atomic E-state index is -0.467. The molecule has 1 heterocycles. The van der Waals surface area contributed by atoms with Crippen molar-refractivity contribution < 1.29 is 23.8 Å². The van der Waals surface area contributed by atoms with E-state index in [0.29, 0.717) is 39.4 Å². The number of ketones is 1. The van der Waals surface area contributed by atoms with Crippen LogP contribution in [0.15, 0.2) is 65.1 Å². The van der Waals surface area contributed by atoms with Crippen molar-refractivity contribution in [1.29, 1.82) is 0 Å². The van der Waals surface area contributed by atoms with Crippen LogP contribution in [0.4, 0.5) is 0 Å². The fourth-order valence-corrected chi connectivity index (χ4v) is 4.77. The molecule has 1 aromatic heterocycles. The maximum absolute atomic E-state index is 12.7. The molecule has 0 saturated heterocycles. The first-order chi connectivity index (χ1) is 16.8. The van der Waals surface area contributed by atoms with Gasteiger partial charge in [0.05, 0.1) is 19.8 Å². The van der Waals surface area contributed by atoms with Gasteiger partial charge in [0.1, 0.15) is 5.75 Å². The molecule has 0 aliphatic carbocycles. The summed E-state index contributed by atoms with van der Waals surface area (Å²) in [7, 11) is 3.23. The number of carbonyl (C=O) groups is 2. The van der Waals surface area contributed by atoms with Crippen LogP contribution in [-0.2, 0) is 13.0 Å². The molecular formula is C28H26BrNO5. The van der Waals surface area contributed by atoms with Crippen molar-refractivity contribution in [3.63, 3.8) is 0 Å². The molecular weight excluding hydrogens is 510 g/mol. The molecule has 35 heavy (non-hydrogen) atoms. The summed E-state index contributed by atoms with van der Waals surface area (Å²) in [6.07, 6.45) is 0.737. The highest BCUT2D eigenvalue weighted by atomic mass is 79.9. The van der Waals surface area contributed by atoms with Crippen LogP contribution < -0.4 is 14.2 Å². The van der Waals surface area contributed by atoms with Gasteiger partial charge in [-0.25, -0.2) is 4.79 Å². The molecule has 3 aromatic carbocycles. The third-order valence-corrected chi connectivity index (χ3v) is 6.71. The van der Waals surface area contributed by atoms with Crippen LogP contribution in [0.2, 0.25) is 0 Å². The van der Waals surface area contributed by atoms with Gasteiger partial charge in [0.15, 0.2) is 17.3 Å². The maximum Gasteiger partial charge on any atom is 0.344 e. The van der Waals surface area contributed by atoms with E-state index in [1.807, 2.05) is 37.3 Å². The second-order valence-corrected chi connectivity index (χ2v) is 9.01. The number of methoxy groups -OCH3 is 2. The Morgan fingerprint density at radius 3 is 2.37 bits per heavy atom. The van der Waals surface area contributed by atoms with Crippen molar-refractivity contribution in [3.05, 3.63) is 87.5 Å². The maximum atomic E-state index is 12.7. The lowest BCUT2D eigenvalue weighted by molar-refractivity contribution is 0.0734. The Hall–Kier alpha value is -3.58. The van der Waals surface area contributed by atoms with Crippen molar-refractivity contribution in [2.45, 2.75) is 26.8 Å². The monoisotopic (exact) mass is 535 g/mol. The normalized spacial score (nSPS) is 10.9. The minimum Gasteiger partial charge on any atom is -0.493 e.